The maximum Gasteiger partial charge on any atom is 0.330 e. The van der Waals surface area contributed by atoms with Crippen molar-refractivity contribution in [1.82, 2.24) is 0 Å². The molecule has 1 rings (SSSR count). The first-order valence-corrected chi connectivity index (χ1v) is 6.41. The van der Waals surface area contributed by atoms with Gasteiger partial charge in [0.25, 0.3) is 0 Å². The number of rotatable bonds is 6. The van der Waals surface area contributed by atoms with Gasteiger partial charge in [-0.1, -0.05) is 46.3 Å². The molecule has 0 fully saturated rings. The van der Waals surface area contributed by atoms with Crippen LogP contribution < -0.4 is 0 Å². The van der Waals surface area contributed by atoms with E-state index in [1.807, 2.05) is 30.3 Å². The molecule has 3 heteroatoms. The van der Waals surface area contributed by atoms with Gasteiger partial charge in [-0.05, 0) is 24.5 Å². The second kappa shape index (κ2) is 8.11. The third-order valence-corrected chi connectivity index (χ3v) is 2.54. The normalized spacial score (nSPS) is 10.6. The van der Waals surface area contributed by atoms with Crippen LogP contribution in [0.1, 0.15) is 18.4 Å². The van der Waals surface area contributed by atoms with E-state index in [-0.39, 0.29) is 5.97 Å². The number of carbonyl (C=O) groups is 1. The lowest BCUT2D eigenvalue weighted by molar-refractivity contribution is -0.137. The largest absolute Gasteiger partial charge is 0.463 e. The molecule has 0 aliphatic heterocycles. The minimum Gasteiger partial charge on any atom is -0.463 e. The van der Waals surface area contributed by atoms with E-state index in [1.54, 1.807) is 6.08 Å². The average molecular weight is 283 g/mol. The Morgan fingerprint density at radius 3 is 2.69 bits per heavy atom. The van der Waals surface area contributed by atoms with Crippen LogP contribution in [0.15, 0.2) is 36.4 Å². The van der Waals surface area contributed by atoms with E-state index in [1.165, 1.54) is 6.08 Å². The summed E-state index contributed by atoms with van der Waals surface area (Å²) in [6.45, 7) is 0.490. The highest BCUT2D eigenvalue weighted by molar-refractivity contribution is 9.09. The van der Waals surface area contributed by atoms with Crippen LogP contribution in [0.25, 0.3) is 6.08 Å². The van der Waals surface area contributed by atoms with Gasteiger partial charge in [0, 0.05) is 11.4 Å². The highest BCUT2D eigenvalue weighted by Gasteiger charge is 1.96. The van der Waals surface area contributed by atoms with Gasteiger partial charge in [0.05, 0.1) is 6.61 Å². The van der Waals surface area contributed by atoms with Crippen molar-refractivity contribution >= 4 is 28.0 Å². The minimum absolute atomic E-state index is 0.279. The summed E-state index contributed by atoms with van der Waals surface area (Å²) in [5.41, 5.74) is 1.000. The van der Waals surface area contributed by atoms with E-state index in [2.05, 4.69) is 15.9 Å². The molecule has 0 unspecified atom stereocenters. The molecule has 1 aromatic rings. The van der Waals surface area contributed by atoms with Crippen LogP contribution in [-0.2, 0) is 9.53 Å². The predicted molar refractivity (Wildman–Crippen MR) is 69.5 cm³/mol. The minimum atomic E-state index is -0.279. The summed E-state index contributed by atoms with van der Waals surface area (Å²) in [6, 6.07) is 9.68. The van der Waals surface area contributed by atoms with E-state index < -0.39 is 0 Å². The summed E-state index contributed by atoms with van der Waals surface area (Å²) in [6.07, 6.45) is 5.14. The van der Waals surface area contributed by atoms with Gasteiger partial charge in [-0.3, -0.25) is 0 Å². The zero-order valence-electron chi connectivity index (χ0n) is 9.06. The number of esters is 1. The number of halogens is 1. The Morgan fingerprint density at radius 2 is 2.00 bits per heavy atom. The fourth-order valence-electron chi connectivity index (χ4n) is 1.15. The number of hydrogen-bond acceptors (Lipinski definition) is 2. The van der Waals surface area contributed by atoms with Gasteiger partial charge in [-0.15, -0.1) is 0 Å². The summed E-state index contributed by atoms with van der Waals surface area (Å²) in [4.78, 5) is 11.3. The maximum absolute atomic E-state index is 11.3. The van der Waals surface area contributed by atoms with Gasteiger partial charge in [-0.2, -0.15) is 0 Å². The quantitative estimate of drug-likeness (QED) is 0.346. The molecular formula is C13H15BrO2. The summed E-state index contributed by atoms with van der Waals surface area (Å²) in [7, 11) is 0. The molecule has 0 bridgehead atoms. The Hall–Kier alpha value is -1.09. The molecule has 0 saturated heterocycles. The van der Waals surface area contributed by atoms with Gasteiger partial charge in [0.2, 0.25) is 0 Å². The SMILES string of the molecule is O=C(C=Cc1ccccc1)OCCCCBr. The van der Waals surface area contributed by atoms with E-state index in [0.717, 1.165) is 23.7 Å². The molecule has 0 aromatic heterocycles. The molecule has 0 atom stereocenters. The van der Waals surface area contributed by atoms with Gasteiger partial charge in [-0.25, -0.2) is 4.79 Å². The number of carbonyl (C=O) groups excluding carboxylic acids is 1. The van der Waals surface area contributed by atoms with Crippen molar-refractivity contribution in [1.29, 1.82) is 0 Å². The second-order valence-electron chi connectivity index (χ2n) is 3.31. The zero-order valence-corrected chi connectivity index (χ0v) is 10.7. The Kier molecular flexibility index (Phi) is 6.58. The van der Waals surface area contributed by atoms with Crippen molar-refractivity contribution in [3.8, 4) is 0 Å². The zero-order chi connectivity index (χ0) is 11.6. The number of hydrogen-bond donors (Lipinski definition) is 0. The molecule has 2 nitrogen and oxygen atoms in total. The summed E-state index contributed by atoms with van der Waals surface area (Å²) >= 11 is 3.32. The fraction of sp³-hybridized carbons (Fsp3) is 0.308. The molecule has 0 aliphatic carbocycles. The Morgan fingerprint density at radius 1 is 1.25 bits per heavy atom. The lowest BCUT2D eigenvalue weighted by atomic mass is 10.2. The van der Waals surface area contributed by atoms with Crippen LogP contribution in [0, 0.1) is 0 Å². The second-order valence-corrected chi connectivity index (χ2v) is 4.10. The van der Waals surface area contributed by atoms with Crippen LogP contribution >= 0.6 is 15.9 Å². The van der Waals surface area contributed by atoms with Gasteiger partial charge < -0.3 is 4.74 Å². The number of benzene rings is 1. The predicted octanol–water partition coefficient (Wildman–Crippen LogP) is 3.42. The van der Waals surface area contributed by atoms with Crippen molar-refractivity contribution in [2.75, 3.05) is 11.9 Å². The van der Waals surface area contributed by atoms with Crippen LogP contribution in [-0.4, -0.2) is 17.9 Å². The van der Waals surface area contributed by atoms with Crippen molar-refractivity contribution < 1.29 is 9.53 Å². The van der Waals surface area contributed by atoms with Crippen molar-refractivity contribution in [2.45, 2.75) is 12.8 Å². The molecule has 86 valence electrons. The molecule has 1 aromatic carbocycles. The first-order chi connectivity index (χ1) is 7.83. The third kappa shape index (κ3) is 5.71. The highest BCUT2D eigenvalue weighted by atomic mass is 79.9. The van der Waals surface area contributed by atoms with Gasteiger partial charge >= 0.3 is 5.97 Å². The van der Waals surface area contributed by atoms with Crippen LogP contribution in [0.3, 0.4) is 0 Å². The lowest BCUT2D eigenvalue weighted by Gasteiger charge is -1.99. The molecule has 0 spiro atoms. The maximum atomic E-state index is 11.3. The van der Waals surface area contributed by atoms with Crippen molar-refractivity contribution in [2.24, 2.45) is 0 Å². The van der Waals surface area contributed by atoms with Gasteiger partial charge in [0.1, 0.15) is 0 Å². The first-order valence-electron chi connectivity index (χ1n) is 5.29. The van der Waals surface area contributed by atoms with Crippen molar-refractivity contribution in [3.63, 3.8) is 0 Å². The van der Waals surface area contributed by atoms with E-state index >= 15 is 0 Å². The van der Waals surface area contributed by atoms with Gasteiger partial charge in [0.15, 0.2) is 0 Å². The highest BCUT2D eigenvalue weighted by Crippen LogP contribution is 2.01. The standard InChI is InChI=1S/C13H15BrO2/c14-10-4-5-11-16-13(15)9-8-12-6-2-1-3-7-12/h1-3,6-9H,4-5,10-11H2. The average Bonchev–Trinajstić information content (AvgIpc) is 2.33. The molecule has 16 heavy (non-hydrogen) atoms. The van der Waals surface area contributed by atoms with Crippen LogP contribution in [0.2, 0.25) is 0 Å². The molecule has 0 heterocycles. The Balaban J connectivity index is 2.26. The molecular weight excluding hydrogens is 268 g/mol. The Bertz CT molecular complexity index is 333. The first kappa shape index (κ1) is 13.0. The summed E-state index contributed by atoms with van der Waals surface area (Å²) < 4.78 is 5.02. The summed E-state index contributed by atoms with van der Waals surface area (Å²) in [5, 5.41) is 0.949. The lowest BCUT2D eigenvalue weighted by Crippen LogP contribution is -2.02. The smallest absolute Gasteiger partial charge is 0.330 e. The van der Waals surface area contributed by atoms with Crippen molar-refractivity contribution in [3.05, 3.63) is 42.0 Å². The van der Waals surface area contributed by atoms with E-state index in [0.29, 0.717) is 6.61 Å². The van der Waals surface area contributed by atoms with Crippen LogP contribution in [0.5, 0.6) is 0 Å². The topological polar surface area (TPSA) is 26.3 Å². The number of alkyl halides is 1. The van der Waals surface area contributed by atoms with E-state index in [4.69, 9.17) is 4.74 Å². The van der Waals surface area contributed by atoms with E-state index in [9.17, 15) is 4.79 Å². The monoisotopic (exact) mass is 282 g/mol. The fourth-order valence-corrected chi connectivity index (χ4v) is 1.54. The third-order valence-electron chi connectivity index (χ3n) is 1.98. The molecule has 0 N–H and O–H groups in total. The number of unbranched alkanes of at least 4 members (excludes halogenated alkanes) is 1. The summed E-state index contributed by atoms with van der Waals surface area (Å²) in [5.74, 6) is -0.279. The molecule has 0 saturated carbocycles. The molecule has 0 aliphatic rings. The Labute approximate surface area is 104 Å². The van der Waals surface area contributed by atoms with Crippen LogP contribution in [0.4, 0.5) is 0 Å². The molecule has 0 amide bonds. The number of ether oxygens (including phenoxy) is 1. The molecule has 0 radical (unpaired) electrons.